The Morgan fingerprint density at radius 1 is 1.08 bits per heavy atom. The number of ether oxygens (including phenoxy) is 1. The third-order valence-electron chi connectivity index (χ3n) is 3.77. The normalized spacial score (nSPS) is 15.0. The molecule has 0 radical (unpaired) electrons. The number of morpholine rings is 1. The predicted octanol–water partition coefficient (Wildman–Crippen LogP) is 2.61. The summed E-state index contributed by atoms with van der Waals surface area (Å²) in [5.41, 5.74) is 0.688. The first-order valence-corrected chi connectivity index (χ1v) is 9.57. The first-order chi connectivity index (χ1) is 12.0. The van der Waals surface area contributed by atoms with Crippen LogP contribution in [0.5, 0.6) is 0 Å². The van der Waals surface area contributed by atoms with Gasteiger partial charge in [0.15, 0.2) is 0 Å². The van der Waals surface area contributed by atoms with Gasteiger partial charge in [0.05, 0.1) is 23.8 Å². The van der Waals surface area contributed by atoms with Gasteiger partial charge in [-0.2, -0.15) is 0 Å². The molecule has 1 amide bonds. The molecule has 1 fully saturated rings. The Morgan fingerprint density at radius 3 is 2.52 bits per heavy atom. The minimum Gasteiger partial charge on any atom is -0.378 e. The maximum absolute atomic E-state index is 12.6. The van der Waals surface area contributed by atoms with Crippen molar-refractivity contribution in [3.63, 3.8) is 0 Å². The molecule has 1 aliphatic rings. The van der Waals surface area contributed by atoms with Gasteiger partial charge in [-0.15, -0.1) is 0 Å². The summed E-state index contributed by atoms with van der Waals surface area (Å²) >= 11 is 5.88. The lowest BCUT2D eigenvalue weighted by Gasteiger charge is -2.27. The van der Waals surface area contributed by atoms with Crippen LogP contribution in [0.3, 0.4) is 0 Å². The third kappa shape index (κ3) is 4.31. The van der Waals surface area contributed by atoms with E-state index >= 15 is 0 Å². The molecule has 0 atom stereocenters. The van der Waals surface area contributed by atoms with Crippen LogP contribution in [0.1, 0.15) is 10.4 Å². The molecule has 25 heavy (non-hydrogen) atoms. The van der Waals surface area contributed by atoms with Crippen molar-refractivity contribution in [3.8, 4) is 0 Å². The van der Waals surface area contributed by atoms with Crippen LogP contribution >= 0.6 is 11.6 Å². The molecule has 1 heterocycles. The maximum atomic E-state index is 12.6. The Balaban J connectivity index is 1.83. The summed E-state index contributed by atoms with van der Waals surface area (Å²) in [6.07, 6.45) is 0. The minimum atomic E-state index is -3.82. The van der Waals surface area contributed by atoms with Crippen LogP contribution < -0.4 is 4.72 Å². The molecule has 0 saturated carbocycles. The zero-order chi connectivity index (χ0) is 17.9. The number of hydrogen-bond donors (Lipinski definition) is 1. The molecule has 132 valence electrons. The first kappa shape index (κ1) is 17.7. The molecule has 6 nitrogen and oxygen atoms in total. The van der Waals surface area contributed by atoms with Crippen LogP contribution in [-0.2, 0) is 14.8 Å². The second kappa shape index (κ2) is 7.43. The van der Waals surface area contributed by atoms with Gasteiger partial charge in [0, 0.05) is 23.7 Å². The van der Waals surface area contributed by atoms with E-state index in [0.29, 0.717) is 42.6 Å². The Hall–Kier alpha value is -2.09. The smallest absolute Gasteiger partial charge is 0.261 e. The molecule has 1 saturated heterocycles. The molecule has 0 spiro atoms. The Morgan fingerprint density at radius 2 is 1.80 bits per heavy atom. The van der Waals surface area contributed by atoms with Gasteiger partial charge in [-0.3, -0.25) is 9.52 Å². The number of hydrogen-bond acceptors (Lipinski definition) is 4. The van der Waals surface area contributed by atoms with Gasteiger partial charge in [-0.1, -0.05) is 23.7 Å². The molecule has 0 aromatic heterocycles. The topological polar surface area (TPSA) is 75.7 Å². The van der Waals surface area contributed by atoms with E-state index in [9.17, 15) is 13.2 Å². The predicted molar refractivity (Wildman–Crippen MR) is 95.4 cm³/mol. The average molecular weight is 381 g/mol. The highest BCUT2D eigenvalue weighted by atomic mass is 35.5. The zero-order valence-electron chi connectivity index (χ0n) is 13.3. The van der Waals surface area contributed by atoms with Crippen LogP contribution in [0.15, 0.2) is 53.4 Å². The highest BCUT2D eigenvalue weighted by Gasteiger charge is 2.21. The number of carbonyl (C=O) groups excluding carboxylic acids is 1. The monoisotopic (exact) mass is 380 g/mol. The van der Waals surface area contributed by atoms with Crippen molar-refractivity contribution in [1.82, 2.24) is 4.90 Å². The van der Waals surface area contributed by atoms with Crippen LogP contribution in [0.4, 0.5) is 5.69 Å². The quantitative estimate of drug-likeness (QED) is 0.884. The Kier molecular flexibility index (Phi) is 5.27. The number of carbonyl (C=O) groups is 1. The molecular weight excluding hydrogens is 364 g/mol. The summed E-state index contributed by atoms with van der Waals surface area (Å²) in [6.45, 7) is 1.97. The standard InChI is InChI=1S/C17H17ClN2O4S/c18-14-4-2-5-15(12-14)19-25(22,23)16-6-1-3-13(11-16)17(21)20-7-9-24-10-8-20/h1-6,11-12,19H,7-10H2. The number of amides is 1. The van der Waals surface area contributed by atoms with Gasteiger partial charge in [-0.25, -0.2) is 8.42 Å². The van der Waals surface area contributed by atoms with E-state index in [1.54, 1.807) is 35.2 Å². The molecule has 1 aliphatic heterocycles. The van der Waals surface area contributed by atoms with Crippen molar-refractivity contribution in [2.75, 3.05) is 31.0 Å². The van der Waals surface area contributed by atoms with E-state index < -0.39 is 10.0 Å². The van der Waals surface area contributed by atoms with E-state index in [1.807, 2.05) is 0 Å². The first-order valence-electron chi connectivity index (χ1n) is 7.71. The number of sulfonamides is 1. The number of nitrogens with one attached hydrogen (secondary N) is 1. The lowest BCUT2D eigenvalue weighted by Crippen LogP contribution is -2.40. The summed E-state index contributed by atoms with van der Waals surface area (Å²) in [7, 11) is -3.82. The highest BCUT2D eigenvalue weighted by Crippen LogP contribution is 2.20. The minimum absolute atomic E-state index is 0.0200. The molecule has 1 N–H and O–H groups in total. The summed E-state index contributed by atoms with van der Waals surface area (Å²) in [5.74, 6) is -0.205. The fourth-order valence-electron chi connectivity index (χ4n) is 2.51. The number of rotatable bonds is 4. The lowest BCUT2D eigenvalue weighted by molar-refractivity contribution is 0.0302. The molecule has 0 aliphatic carbocycles. The molecule has 0 bridgehead atoms. The molecule has 8 heteroatoms. The second-order valence-electron chi connectivity index (χ2n) is 5.55. The molecule has 2 aromatic rings. The van der Waals surface area contributed by atoms with E-state index in [0.717, 1.165) is 0 Å². The van der Waals surface area contributed by atoms with Gasteiger partial charge < -0.3 is 9.64 Å². The third-order valence-corrected chi connectivity index (χ3v) is 5.38. The fraction of sp³-hybridized carbons (Fsp3) is 0.235. The van der Waals surface area contributed by atoms with Gasteiger partial charge >= 0.3 is 0 Å². The average Bonchev–Trinajstić information content (AvgIpc) is 2.61. The van der Waals surface area contributed by atoms with Gasteiger partial charge in [0.2, 0.25) is 0 Å². The van der Waals surface area contributed by atoms with Gasteiger partial charge in [-0.05, 0) is 36.4 Å². The molecule has 2 aromatic carbocycles. The van der Waals surface area contributed by atoms with Crippen molar-refractivity contribution in [3.05, 3.63) is 59.1 Å². The summed E-state index contributed by atoms with van der Waals surface area (Å²) < 4.78 is 32.8. The maximum Gasteiger partial charge on any atom is 0.261 e. The van der Waals surface area contributed by atoms with E-state index in [1.165, 1.54) is 18.2 Å². The summed E-state index contributed by atoms with van der Waals surface area (Å²) in [5, 5.41) is 0.427. The van der Waals surface area contributed by atoms with Crippen LogP contribution in [0.25, 0.3) is 0 Å². The van der Waals surface area contributed by atoms with Crippen molar-refractivity contribution < 1.29 is 17.9 Å². The van der Waals surface area contributed by atoms with Crippen LogP contribution in [0.2, 0.25) is 5.02 Å². The van der Waals surface area contributed by atoms with Crippen LogP contribution in [0, 0.1) is 0 Å². The zero-order valence-corrected chi connectivity index (χ0v) is 14.9. The summed E-state index contributed by atoms with van der Waals surface area (Å²) in [6, 6.07) is 12.4. The SMILES string of the molecule is O=C(c1cccc(S(=O)(=O)Nc2cccc(Cl)c2)c1)N1CCOCC1. The van der Waals surface area contributed by atoms with Crippen molar-refractivity contribution >= 4 is 33.2 Å². The van der Waals surface area contributed by atoms with E-state index in [4.69, 9.17) is 16.3 Å². The Bertz CT molecular complexity index is 880. The molecular formula is C17H17ClN2O4S. The Labute approximate surface area is 151 Å². The number of nitrogens with zero attached hydrogens (tertiary/aromatic N) is 1. The van der Waals surface area contributed by atoms with Crippen molar-refractivity contribution in [1.29, 1.82) is 0 Å². The number of halogens is 1. The van der Waals surface area contributed by atoms with Crippen LogP contribution in [-0.4, -0.2) is 45.5 Å². The van der Waals surface area contributed by atoms with Crippen molar-refractivity contribution in [2.45, 2.75) is 4.90 Å². The van der Waals surface area contributed by atoms with E-state index in [-0.39, 0.29) is 10.8 Å². The molecule has 0 unspecified atom stereocenters. The lowest BCUT2D eigenvalue weighted by atomic mass is 10.2. The van der Waals surface area contributed by atoms with E-state index in [2.05, 4.69) is 4.72 Å². The number of benzene rings is 2. The summed E-state index contributed by atoms with van der Waals surface area (Å²) in [4.78, 5) is 14.2. The van der Waals surface area contributed by atoms with Gasteiger partial charge in [0.1, 0.15) is 0 Å². The van der Waals surface area contributed by atoms with Crippen molar-refractivity contribution in [2.24, 2.45) is 0 Å². The highest BCUT2D eigenvalue weighted by molar-refractivity contribution is 7.92. The molecule has 3 rings (SSSR count). The fourth-order valence-corrected chi connectivity index (χ4v) is 3.80. The largest absolute Gasteiger partial charge is 0.378 e. The second-order valence-corrected chi connectivity index (χ2v) is 7.67. The number of anilines is 1. The van der Waals surface area contributed by atoms with Gasteiger partial charge in [0.25, 0.3) is 15.9 Å².